The molecule has 0 saturated carbocycles. The van der Waals surface area contributed by atoms with Crippen LogP contribution in [-0.2, 0) is 20.9 Å². The van der Waals surface area contributed by atoms with Crippen LogP contribution in [0.25, 0.3) is 10.4 Å². The normalized spacial score (nSPS) is 17.2. The molecular weight excluding hydrogens is 424 g/mol. The average molecular weight is 457 g/mol. The lowest BCUT2D eigenvalue weighted by Gasteiger charge is -2.35. The van der Waals surface area contributed by atoms with Crippen LogP contribution in [0.1, 0.15) is 51.8 Å². The fraction of sp³-hybridized carbons (Fsp3) is 0.500. The van der Waals surface area contributed by atoms with E-state index in [4.69, 9.17) is 0 Å². The highest BCUT2D eigenvalue weighted by molar-refractivity contribution is 7.13. The van der Waals surface area contributed by atoms with Crippen LogP contribution in [0.5, 0.6) is 0 Å². The van der Waals surface area contributed by atoms with Crippen LogP contribution in [0.3, 0.4) is 0 Å². The molecule has 3 amide bonds. The van der Waals surface area contributed by atoms with E-state index in [1.54, 1.807) is 16.2 Å². The van der Waals surface area contributed by atoms with E-state index in [1.165, 1.54) is 6.92 Å². The number of hydrogen-bond donors (Lipinski definition) is 2. The van der Waals surface area contributed by atoms with Gasteiger partial charge in [-0.2, -0.15) is 0 Å². The van der Waals surface area contributed by atoms with Gasteiger partial charge in [0, 0.05) is 20.0 Å². The van der Waals surface area contributed by atoms with E-state index in [1.807, 2.05) is 57.5 Å². The molecule has 3 rings (SSSR count). The van der Waals surface area contributed by atoms with Crippen LogP contribution in [0.2, 0.25) is 0 Å². The molecule has 1 aliphatic heterocycles. The number of aromatic nitrogens is 1. The van der Waals surface area contributed by atoms with Crippen molar-refractivity contribution in [3.05, 3.63) is 41.0 Å². The predicted molar refractivity (Wildman–Crippen MR) is 126 cm³/mol. The van der Waals surface area contributed by atoms with Gasteiger partial charge in [-0.1, -0.05) is 45.0 Å². The molecule has 2 atom stereocenters. The zero-order valence-corrected chi connectivity index (χ0v) is 20.2. The molecule has 2 aromatic rings. The Morgan fingerprint density at radius 3 is 2.47 bits per heavy atom. The minimum atomic E-state index is -0.670. The molecule has 2 heterocycles. The maximum Gasteiger partial charge on any atom is 0.246 e. The van der Waals surface area contributed by atoms with Gasteiger partial charge in [0.2, 0.25) is 17.7 Å². The lowest BCUT2D eigenvalue weighted by atomic mass is 9.85. The van der Waals surface area contributed by atoms with Crippen molar-refractivity contribution in [2.75, 3.05) is 6.54 Å². The zero-order chi connectivity index (χ0) is 23.5. The van der Waals surface area contributed by atoms with Crippen LogP contribution in [-0.4, -0.2) is 46.2 Å². The number of carbonyl (C=O) groups is 3. The quantitative estimate of drug-likeness (QED) is 0.698. The SMILES string of the molecule is CC(=O)N[C@@H](C(=O)N1CCC[C@@H]1C(=O)NCc1ccc(-c2scnc2C)cc1)C(C)(C)C. The Morgan fingerprint density at radius 2 is 1.91 bits per heavy atom. The number of nitrogens with one attached hydrogen (secondary N) is 2. The number of nitrogens with zero attached hydrogens (tertiary/aromatic N) is 2. The van der Waals surface area contributed by atoms with Crippen molar-refractivity contribution in [2.24, 2.45) is 5.41 Å². The lowest BCUT2D eigenvalue weighted by Crippen LogP contribution is -2.57. The van der Waals surface area contributed by atoms with Gasteiger partial charge >= 0.3 is 0 Å². The first-order valence-electron chi connectivity index (χ1n) is 10.9. The maximum atomic E-state index is 13.2. The van der Waals surface area contributed by atoms with Crippen LogP contribution in [0.15, 0.2) is 29.8 Å². The number of carbonyl (C=O) groups excluding carboxylic acids is 3. The summed E-state index contributed by atoms with van der Waals surface area (Å²) in [4.78, 5) is 44.9. The third kappa shape index (κ3) is 5.54. The third-order valence-electron chi connectivity index (χ3n) is 5.73. The second kappa shape index (κ2) is 9.81. The molecule has 8 heteroatoms. The Bertz CT molecular complexity index is 978. The van der Waals surface area contributed by atoms with E-state index in [0.717, 1.165) is 28.1 Å². The Kier molecular flexibility index (Phi) is 7.33. The van der Waals surface area contributed by atoms with Gasteiger partial charge in [-0.05, 0) is 36.3 Å². The summed E-state index contributed by atoms with van der Waals surface area (Å²) in [6.45, 7) is 10.0. The summed E-state index contributed by atoms with van der Waals surface area (Å²) in [7, 11) is 0. The average Bonchev–Trinajstić information content (AvgIpc) is 3.38. The van der Waals surface area contributed by atoms with Crippen LogP contribution in [0.4, 0.5) is 0 Å². The van der Waals surface area contributed by atoms with Gasteiger partial charge in [-0.25, -0.2) is 4.98 Å². The van der Waals surface area contributed by atoms with Gasteiger partial charge in [0.1, 0.15) is 12.1 Å². The molecule has 0 aliphatic carbocycles. The number of hydrogen-bond acceptors (Lipinski definition) is 5. The summed E-state index contributed by atoms with van der Waals surface area (Å²) in [5.74, 6) is -0.612. The Hall–Kier alpha value is -2.74. The molecule has 0 radical (unpaired) electrons. The van der Waals surface area contributed by atoms with E-state index < -0.39 is 17.5 Å². The highest BCUT2D eigenvalue weighted by atomic mass is 32.1. The van der Waals surface area contributed by atoms with E-state index >= 15 is 0 Å². The number of aryl methyl sites for hydroxylation is 1. The van der Waals surface area contributed by atoms with E-state index in [-0.39, 0.29) is 17.7 Å². The van der Waals surface area contributed by atoms with E-state index in [2.05, 4.69) is 15.6 Å². The minimum Gasteiger partial charge on any atom is -0.350 e. The molecule has 0 unspecified atom stereocenters. The number of thiazole rings is 1. The fourth-order valence-corrected chi connectivity index (χ4v) is 4.79. The zero-order valence-electron chi connectivity index (χ0n) is 19.4. The molecular formula is C24H32N4O3S. The second-order valence-corrected chi connectivity index (χ2v) is 10.2. The van der Waals surface area contributed by atoms with Crippen LogP contribution in [0, 0.1) is 12.3 Å². The predicted octanol–water partition coefficient (Wildman–Crippen LogP) is 3.28. The van der Waals surface area contributed by atoms with Crippen molar-refractivity contribution in [2.45, 2.75) is 66.1 Å². The highest BCUT2D eigenvalue weighted by Gasteiger charge is 2.41. The van der Waals surface area contributed by atoms with Gasteiger partial charge in [-0.3, -0.25) is 14.4 Å². The molecule has 0 spiro atoms. The molecule has 1 saturated heterocycles. The molecule has 1 aliphatic rings. The number of benzene rings is 1. The summed E-state index contributed by atoms with van der Waals surface area (Å²) >= 11 is 1.61. The molecule has 32 heavy (non-hydrogen) atoms. The Labute approximate surface area is 193 Å². The molecule has 1 fully saturated rings. The number of likely N-dealkylation sites (tertiary alicyclic amines) is 1. The molecule has 2 N–H and O–H groups in total. The largest absolute Gasteiger partial charge is 0.350 e. The molecule has 0 bridgehead atoms. The first-order chi connectivity index (χ1) is 15.1. The topological polar surface area (TPSA) is 91.4 Å². The van der Waals surface area contributed by atoms with E-state index in [0.29, 0.717) is 19.5 Å². The van der Waals surface area contributed by atoms with Crippen molar-refractivity contribution in [1.29, 1.82) is 0 Å². The minimum absolute atomic E-state index is 0.159. The summed E-state index contributed by atoms with van der Waals surface area (Å²) < 4.78 is 0. The maximum absolute atomic E-state index is 13.2. The summed E-state index contributed by atoms with van der Waals surface area (Å²) in [6.07, 6.45) is 1.39. The van der Waals surface area contributed by atoms with Gasteiger partial charge < -0.3 is 15.5 Å². The molecule has 1 aromatic heterocycles. The first-order valence-corrected chi connectivity index (χ1v) is 11.8. The fourth-order valence-electron chi connectivity index (χ4n) is 3.98. The Balaban J connectivity index is 1.63. The summed E-state index contributed by atoms with van der Waals surface area (Å²) in [5, 5.41) is 5.75. The monoisotopic (exact) mass is 456 g/mol. The van der Waals surface area contributed by atoms with Crippen molar-refractivity contribution in [3.63, 3.8) is 0 Å². The van der Waals surface area contributed by atoms with Gasteiger partial charge in [0.05, 0.1) is 16.1 Å². The molecule has 7 nitrogen and oxygen atoms in total. The van der Waals surface area contributed by atoms with Gasteiger partial charge in [0.25, 0.3) is 0 Å². The van der Waals surface area contributed by atoms with Crippen LogP contribution < -0.4 is 10.6 Å². The van der Waals surface area contributed by atoms with Crippen molar-refractivity contribution >= 4 is 29.1 Å². The molecule has 172 valence electrons. The lowest BCUT2D eigenvalue weighted by molar-refractivity contribution is -0.143. The highest BCUT2D eigenvalue weighted by Crippen LogP contribution is 2.28. The second-order valence-electron chi connectivity index (χ2n) is 9.37. The standard InChI is InChI=1S/C24H32N4O3S/c1-15-20(32-14-26-15)18-10-8-17(9-11-18)13-25-22(30)19-7-6-12-28(19)23(31)21(24(3,4)5)27-16(2)29/h8-11,14,19,21H,6-7,12-13H2,1-5H3,(H,25,30)(H,27,29)/t19-,21+/m1/s1. The van der Waals surface area contributed by atoms with Gasteiger partial charge in [-0.15, -0.1) is 11.3 Å². The molecule has 1 aromatic carbocycles. The summed E-state index contributed by atoms with van der Waals surface area (Å²) in [5.41, 5.74) is 4.49. The van der Waals surface area contributed by atoms with Crippen molar-refractivity contribution in [1.82, 2.24) is 20.5 Å². The third-order valence-corrected chi connectivity index (χ3v) is 6.71. The summed E-state index contributed by atoms with van der Waals surface area (Å²) in [6, 6.07) is 6.89. The van der Waals surface area contributed by atoms with Crippen LogP contribution >= 0.6 is 11.3 Å². The van der Waals surface area contributed by atoms with E-state index in [9.17, 15) is 14.4 Å². The smallest absolute Gasteiger partial charge is 0.246 e. The van der Waals surface area contributed by atoms with Crippen molar-refractivity contribution < 1.29 is 14.4 Å². The van der Waals surface area contributed by atoms with Crippen molar-refractivity contribution in [3.8, 4) is 10.4 Å². The number of amides is 3. The Morgan fingerprint density at radius 1 is 1.22 bits per heavy atom. The van der Waals surface area contributed by atoms with Gasteiger partial charge in [0.15, 0.2) is 0 Å². The number of rotatable bonds is 6. The first kappa shape index (κ1) is 23.9.